The van der Waals surface area contributed by atoms with Gasteiger partial charge < -0.3 is 10.1 Å². The summed E-state index contributed by atoms with van der Waals surface area (Å²) >= 11 is 0. The minimum atomic E-state index is 0.779. The van der Waals surface area contributed by atoms with Crippen molar-refractivity contribution in [1.29, 1.82) is 0 Å². The number of benzene rings is 1. The van der Waals surface area contributed by atoms with E-state index in [0.717, 1.165) is 37.2 Å². The van der Waals surface area contributed by atoms with Crippen LogP contribution < -0.4 is 10.1 Å². The van der Waals surface area contributed by atoms with Crippen molar-refractivity contribution in [2.75, 3.05) is 19.7 Å². The van der Waals surface area contributed by atoms with Crippen LogP contribution in [0.3, 0.4) is 0 Å². The summed E-state index contributed by atoms with van der Waals surface area (Å²) in [4.78, 5) is 0. The van der Waals surface area contributed by atoms with Gasteiger partial charge in [0.05, 0.1) is 6.61 Å². The molecule has 1 heterocycles. The van der Waals surface area contributed by atoms with Crippen molar-refractivity contribution in [3.8, 4) is 5.75 Å². The first-order chi connectivity index (χ1) is 8.79. The molecule has 1 fully saturated rings. The van der Waals surface area contributed by atoms with Crippen LogP contribution in [0.25, 0.3) is 0 Å². The molecule has 0 radical (unpaired) electrons. The van der Waals surface area contributed by atoms with Crippen molar-refractivity contribution in [2.45, 2.75) is 33.1 Å². The van der Waals surface area contributed by atoms with E-state index in [4.69, 9.17) is 4.74 Å². The van der Waals surface area contributed by atoms with Gasteiger partial charge in [0.2, 0.25) is 0 Å². The SMILES string of the molecule is CCCOc1ccc(CC2CNCCC2C)cc1. The van der Waals surface area contributed by atoms with Crippen LogP contribution in [0.4, 0.5) is 0 Å². The predicted molar refractivity (Wildman–Crippen MR) is 76.1 cm³/mol. The van der Waals surface area contributed by atoms with Crippen molar-refractivity contribution >= 4 is 0 Å². The van der Waals surface area contributed by atoms with E-state index in [0.29, 0.717) is 0 Å². The van der Waals surface area contributed by atoms with Crippen LogP contribution in [-0.2, 0) is 6.42 Å². The highest BCUT2D eigenvalue weighted by atomic mass is 16.5. The van der Waals surface area contributed by atoms with E-state index in [9.17, 15) is 0 Å². The van der Waals surface area contributed by atoms with Gasteiger partial charge in [-0.05, 0) is 61.9 Å². The lowest BCUT2D eigenvalue weighted by molar-refractivity contribution is 0.272. The second kappa shape index (κ2) is 6.79. The Hall–Kier alpha value is -1.02. The molecule has 2 heteroatoms. The molecule has 0 amide bonds. The quantitative estimate of drug-likeness (QED) is 0.862. The van der Waals surface area contributed by atoms with Crippen LogP contribution >= 0.6 is 0 Å². The molecule has 2 nitrogen and oxygen atoms in total. The fraction of sp³-hybridized carbons (Fsp3) is 0.625. The fourth-order valence-corrected chi connectivity index (χ4v) is 2.57. The maximum absolute atomic E-state index is 5.61. The zero-order valence-corrected chi connectivity index (χ0v) is 11.6. The van der Waals surface area contributed by atoms with Crippen LogP contribution in [-0.4, -0.2) is 19.7 Å². The molecular formula is C16H25NO. The molecular weight excluding hydrogens is 222 g/mol. The number of ether oxygens (including phenoxy) is 1. The first-order valence-electron chi connectivity index (χ1n) is 7.22. The Bertz CT molecular complexity index is 347. The molecule has 0 aromatic heterocycles. The Morgan fingerprint density at radius 1 is 1.28 bits per heavy atom. The molecule has 0 spiro atoms. The van der Waals surface area contributed by atoms with Gasteiger partial charge in [-0.15, -0.1) is 0 Å². The standard InChI is InChI=1S/C16H25NO/c1-3-10-18-16-6-4-14(5-7-16)11-15-12-17-9-8-13(15)2/h4-7,13,15,17H,3,8-12H2,1-2H3. The van der Waals surface area contributed by atoms with Crippen LogP contribution in [0.1, 0.15) is 32.3 Å². The van der Waals surface area contributed by atoms with Gasteiger partial charge in [0, 0.05) is 0 Å². The largest absolute Gasteiger partial charge is 0.494 e. The number of hydrogen-bond acceptors (Lipinski definition) is 2. The van der Waals surface area contributed by atoms with E-state index in [1.54, 1.807) is 0 Å². The van der Waals surface area contributed by atoms with Gasteiger partial charge in [-0.3, -0.25) is 0 Å². The Morgan fingerprint density at radius 2 is 2.06 bits per heavy atom. The molecule has 1 saturated heterocycles. The topological polar surface area (TPSA) is 21.3 Å². The highest BCUT2D eigenvalue weighted by molar-refractivity contribution is 5.27. The Morgan fingerprint density at radius 3 is 2.72 bits per heavy atom. The summed E-state index contributed by atoms with van der Waals surface area (Å²) in [7, 11) is 0. The molecule has 1 aliphatic rings. The Balaban J connectivity index is 1.89. The minimum Gasteiger partial charge on any atom is -0.494 e. The number of hydrogen-bond donors (Lipinski definition) is 1. The molecule has 2 unspecified atom stereocenters. The molecule has 2 atom stereocenters. The number of nitrogens with one attached hydrogen (secondary N) is 1. The first-order valence-corrected chi connectivity index (χ1v) is 7.22. The highest BCUT2D eigenvalue weighted by Crippen LogP contribution is 2.23. The lowest BCUT2D eigenvalue weighted by Gasteiger charge is -2.29. The van der Waals surface area contributed by atoms with E-state index < -0.39 is 0 Å². The predicted octanol–water partition coefficient (Wildman–Crippen LogP) is 3.26. The summed E-state index contributed by atoms with van der Waals surface area (Å²) in [6.45, 7) is 7.66. The monoisotopic (exact) mass is 247 g/mol. The molecule has 0 aliphatic carbocycles. The van der Waals surface area contributed by atoms with Crippen molar-refractivity contribution in [3.05, 3.63) is 29.8 Å². The van der Waals surface area contributed by atoms with E-state index >= 15 is 0 Å². The van der Waals surface area contributed by atoms with Crippen LogP contribution in [0, 0.1) is 11.8 Å². The van der Waals surface area contributed by atoms with Gasteiger partial charge in [0.25, 0.3) is 0 Å². The van der Waals surface area contributed by atoms with Gasteiger partial charge in [-0.1, -0.05) is 26.0 Å². The molecule has 1 aromatic carbocycles. The number of piperidine rings is 1. The summed E-state index contributed by atoms with van der Waals surface area (Å²) in [5.41, 5.74) is 1.43. The van der Waals surface area contributed by atoms with E-state index in [2.05, 4.69) is 43.4 Å². The third-order valence-electron chi connectivity index (χ3n) is 3.88. The van der Waals surface area contributed by atoms with Gasteiger partial charge in [-0.2, -0.15) is 0 Å². The summed E-state index contributed by atoms with van der Waals surface area (Å²) in [6, 6.07) is 8.64. The summed E-state index contributed by atoms with van der Waals surface area (Å²) in [5, 5.41) is 3.50. The van der Waals surface area contributed by atoms with Gasteiger partial charge in [0.15, 0.2) is 0 Å². The average Bonchev–Trinajstić information content (AvgIpc) is 2.41. The molecule has 0 saturated carbocycles. The third kappa shape index (κ3) is 3.74. The molecule has 1 aromatic rings. The summed E-state index contributed by atoms with van der Waals surface area (Å²) < 4.78 is 5.61. The zero-order valence-electron chi connectivity index (χ0n) is 11.6. The maximum atomic E-state index is 5.61. The lowest BCUT2D eigenvalue weighted by atomic mass is 9.83. The van der Waals surface area contributed by atoms with E-state index in [1.165, 1.54) is 24.9 Å². The second-order valence-electron chi connectivity index (χ2n) is 5.43. The van der Waals surface area contributed by atoms with Crippen LogP contribution in [0.5, 0.6) is 5.75 Å². The minimum absolute atomic E-state index is 0.779. The number of rotatable bonds is 5. The van der Waals surface area contributed by atoms with Crippen LogP contribution in [0.15, 0.2) is 24.3 Å². The highest BCUT2D eigenvalue weighted by Gasteiger charge is 2.20. The van der Waals surface area contributed by atoms with E-state index in [1.807, 2.05) is 0 Å². The fourth-order valence-electron chi connectivity index (χ4n) is 2.57. The van der Waals surface area contributed by atoms with Gasteiger partial charge >= 0.3 is 0 Å². The summed E-state index contributed by atoms with van der Waals surface area (Å²) in [6.07, 6.45) is 3.55. The van der Waals surface area contributed by atoms with Crippen molar-refractivity contribution in [3.63, 3.8) is 0 Å². The van der Waals surface area contributed by atoms with Crippen molar-refractivity contribution in [1.82, 2.24) is 5.32 Å². The first kappa shape index (κ1) is 13.4. The van der Waals surface area contributed by atoms with E-state index in [-0.39, 0.29) is 0 Å². The van der Waals surface area contributed by atoms with Crippen molar-refractivity contribution < 1.29 is 4.74 Å². The third-order valence-corrected chi connectivity index (χ3v) is 3.88. The molecule has 0 bridgehead atoms. The molecule has 1 aliphatic heterocycles. The Labute approximate surface area is 111 Å². The lowest BCUT2D eigenvalue weighted by Crippen LogP contribution is -2.36. The maximum Gasteiger partial charge on any atom is 0.119 e. The smallest absolute Gasteiger partial charge is 0.119 e. The normalized spacial score (nSPS) is 23.9. The molecule has 100 valence electrons. The van der Waals surface area contributed by atoms with Gasteiger partial charge in [0.1, 0.15) is 5.75 Å². The molecule has 2 rings (SSSR count). The average molecular weight is 247 g/mol. The van der Waals surface area contributed by atoms with Crippen LogP contribution in [0.2, 0.25) is 0 Å². The van der Waals surface area contributed by atoms with Crippen molar-refractivity contribution in [2.24, 2.45) is 11.8 Å². The Kier molecular flexibility index (Phi) is 5.06. The molecule has 1 N–H and O–H groups in total. The molecule has 18 heavy (non-hydrogen) atoms. The second-order valence-corrected chi connectivity index (χ2v) is 5.43. The van der Waals surface area contributed by atoms with Gasteiger partial charge in [-0.25, -0.2) is 0 Å². The zero-order chi connectivity index (χ0) is 12.8. The summed E-state index contributed by atoms with van der Waals surface area (Å²) in [5.74, 6) is 2.61.